The van der Waals surface area contributed by atoms with Crippen molar-refractivity contribution in [3.05, 3.63) is 16.1 Å². The molecular formula is C15H25N3OS. The number of unbranched alkanes of at least 4 members (excludes halogenated alkanes) is 1. The summed E-state index contributed by atoms with van der Waals surface area (Å²) >= 11 is 1.72. The average molecular weight is 295 g/mol. The molecule has 112 valence electrons. The molecule has 0 aromatic carbocycles. The molecule has 4 nitrogen and oxygen atoms in total. The molecule has 1 amide bonds. The van der Waals surface area contributed by atoms with Crippen LogP contribution in [0, 0.1) is 6.92 Å². The molecule has 1 aromatic rings. The van der Waals surface area contributed by atoms with E-state index in [0.29, 0.717) is 0 Å². The molecule has 5 heteroatoms. The number of nitrogens with two attached hydrogens (primary N) is 1. The van der Waals surface area contributed by atoms with E-state index in [0.717, 1.165) is 57.2 Å². The van der Waals surface area contributed by atoms with Crippen LogP contribution in [0.2, 0.25) is 0 Å². The van der Waals surface area contributed by atoms with Gasteiger partial charge in [0.1, 0.15) is 0 Å². The number of aryl methyl sites for hydroxylation is 2. The Morgan fingerprint density at radius 1 is 1.40 bits per heavy atom. The first-order chi connectivity index (χ1) is 9.60. The summed E-state index contributed by atoms with van der Waals surface area (Å²) < 4.78 is 0. The number of hydrogen-bond donors (Lipinski definition) is 2. The third-order valence-corrected chi connectivity index (χ3v) is 4.99. The maximum atomic E-state index is 12.1. The predicted molar refractivity (Wildman–Crippen MR) is 82.8 cm³/mol. The van der Waals surface area contributed by atoms with E-state index < -0.39 is 5.54 Å². The van der Waals surface area contributed by atoms with Gasteiger partial charge in [-0.1, -0.05) is 19.3 Å². The summed E-state index contributed by atoms with van der Waals surface area (Å²) in [5.41, 5.74) is 6.68. The first-order valence-corrected chi connectivity index (χ1v) is 8.46. The van der Waals surface area contributed by atoms with Crippen LogP contribution in [0.3, 0.4) is 0 Å². The molecule has 3 N–H and O–H groups in total. The number of aromatic nitrogens is 1. The van der Waals surface area contributed by atoms with E-state index in [4.69, 9.17) is 5.73 Å². The van der Waals surface area contributed by atoms with Crippen LogP contribution in [-0.2, 0) is 11.2 Å². The largest absolute Gasteiger partial charge is 0.355 e. The lowest BCUT2D eigenvalue weighted by Crippen LogP contribution is -2.55. The minimum Gasteiger partial charge on any atom is -0.355 e. The molecule has 1 aliphatic carbocycles. The summed E-state index contributed by atoms with van der Waals surface area (Å²) in [6.07, 6.45) is 8.07. The van der Waals surface area contributed by atoms with Gasteiger partial charge in [0.15, 0.2) is 0 Å². The van der Waals surface area contributed by atoms with E-state index in [1.165, 1.54) is 11.4 Å². The maximum Gasteiger partial charge on any atom is 0.240 e. The fourth-order valence-corrected chi connectivity index (χ4v) is 3.52. The third kappa shape index (κ3) is 4.28. The second-order valence-corrected chi connectivity index (χ2v) is 6.76. The van der Waals surface area contributed by atoms with E-state index >= 15 is 0 Å². The van der Waals surface area contributed by atoms with Gasteiger partial charge >= 0.3 is 0 Å². The lowest BCUT2D eigenvalue weighted by molar-refractivity contribution is -0.127. The summed E-state index contributed by atoms with van der Waals surface area (Å²) in [4.78, 5) is 16.5. The van der Waals surface area contributed by atoms with Gasteiger partial charge in [0.25, 0.3) is 0 Å². The first kappa shape index (κ1) is 15.4. The SMILES string of the molecule is Cc1csc(CCCCNC(=O)C2(N)CCCCC2)n1. The Bertz CT molecular complexity index is 438. The fourth-order valence-electron chi connectivity index (χ4n) is 2.71. The smallest absolute Gasteiger partial charge is 0.240 e. The van der Waals surface area contributed by atoms with Crippen LogP contribution in [0.5, 0.6) is 0 Å². The summed E-state index contributed by atoms with van der Waals surface area (Å²) in [6.45, 7) is 2.74. The number of rotatable bonds is 6. The summed E-state index contributed by atoms with van der Waals surface area (Å²) in [7, 11) is 0. The molecule has 0 unspecified atom stereocenters. The van der Waals surface area contributed by atoms with E-state index in [-0.39, 0.29) is 5.91 Å². The Hall–Kier alpha value is -0.940. The van der Waals surface area contributed by atoms with Gasteiger partial charge in [0.05, 0.1) is 10.5 Å². The molecule has 0 aliphatic heterocycles. The molecule has 1 fully saturated rings. The summed E-state index contributed by atoms with van der Waals surface area (Å²) in [5.74, 6) is 0.0438. The highest BCUT2D eigenvalue weighted by atomic mass is 32.1. The van der Waals surface area contributed by atoms with Crippen molar-refractivity contribution in [3.8, 4) is 0 Å². The number of thiazole rings is 1. The molecule has 0 bridgehead atoms. The first-order valence-electron chi connectivity index (χ1n) is 7.58. The highest BCUT2D eigenvalue weighted by molar-refractivity contribution is 7.09. The third-order valence-electron chi connectivity index (χ3n) is 3.97. The van der Waals surface area contributed by atoms with Gasteiger partial charge in [-0.3, -0.25) is 4.79 Å². The van der Waals surface area contributed by atoms with Crippen molar-refractivity contribution in [2.75, 3.05) is 6.54 Å². The van der Waals surface area contributed by atoms with Gasteiger partial charge in [-0.2, -0.15) is 0 Å². The molecule has 1 saturated carbocycles. The van der Waals surface area contributed by atoms with Crippen molar-refractivity contribution in [2.45, 2.75) is 63.8 Å². The van der Waals surface area contributed by atoms with Crippen LogP contribution in [-0.4, -0.2) is 23.0 Å². The van der Waals surface area contributed by atoms with Gasteiger partial charge in [-0.25, -0.2) is 4.98 Å². The van der Waals surface area contributed by atoms with E-state index in [9.17, 15) is 4.79 Å². The van der Waals surface area contributed by atoms with Gasteiger partial charge in [-0.05, 0) is 39.0 Å². The van der Waals surface area contributed by atoms with E-state index in [1.54, 1.807) is 11.3 Å². The topological polar surface area (TPSA) is 68.0 Å². The Kier molecular flexibility index (Phi) is 5.54. The standard InChI is InChI=1S/C15H25N3OS/c1-12-11-20-13(18-12)7-3-6-10-17-14(19)15(16)8-4-2-5-9-15/h11H,2-10,16H2,1H3,(H,17,19). The number of hydrogen-bond acceptors (Lipinski definition) is 4. The van der Waals surface area contributed by atoms with Crippen molar-refractivity contribution in [2.24, 2.45) is 5.73 Å². The quantitative estimate of drug-likeness (QED) is 0.793. The van der Waals surface area contributed by atoms with Crippen LogP contribution in [0.25, 0.3) is 0 Å². The highest BCUT2D eigenvalue weighted by Crippen LogP contribution is 2.25. The fraction of sp³-hybridized carbons (Fsp3) is 0.733. The van der Waals surface area contributed by atoms with Crippen molar-refractivity contribution in [1.29, 1.82) is 0 Å². The Morgan fingerprint density at radius 2 is 2.15 bits per heavy atom. The Labute approximate surface area is 125 Å². The lowest BCUT2D eigenvalue weighted by atomic mass is 9.82. The number of nitrogens with one attached hydrogen (secondary N) is 1. The highest BCUT2D eigenvalue weighted by Gasteiger charge is 2.34. The minimum absolute atomic E-state index is 0.0438. The number of nitrogens with zero attached hydrogens (tertiary/aromatic N) is 1. The number of amides is 1. The molecule has 1 aliphatic rings. The minimum atomic E-state index is -0.606. The zero-order valence-corrected chi connectivity index (χ0v) is 13.1. The van der Waals surface area contributed by atoms with Crippen LogP contribution in [0.15, 0.2) is 5.38 Å². The van der Waals surface area contributed by atoms with Crippen molar-refractivity contribution < 1.29 is 4.79 Å². The number of carbonyl (C=O) groups is 1. The summed E-state index contributed by atoms with van der Waals surface area (Å²) in [5, 5.41) is 6.28. The zero-order chi connectivity index (χ0) is 14.4. The molecular weight excluding hydrogens is 270 g/mol. The molecule has 0 saturated heterocycles. The zero-order valence-electron chi connectivity index (χ0n) is 12.3. The second kappa shape index (κ2) is 7.18. The Morgan fingerprint density at radius 3 is 2.80 bits per heavy atom. The van der Waals surface area contributed by atoms with Gasteiger partial charge < -0.3 is 11.1 Å². The molecule has 2 rings (SSSR count). The van der Waals surface area contributed by atoms with Gasteiger partial charge in [0, 0.05) is 17.6 Å². The van der Waals surface area contributed by atoms with Crippen LogP contribution in [0.1, 0.15) is 55.6 Å². The normalized spacial score (nSPS) is 17.9. The predicted octanol–water partition coefficient (Wildman–Crippen LogP) is 2.55. The second-order valence-electron chi connectivity index (χ2n) is 5.81. The number of carbonyl (C=O) groups excluding carboxylic acids is 1. The molecule has 0 radical (unpaired) electrons. The van der Waals surface area contributed by atoms with Crippen LogP contribution < -0.4 is 11.1 Å². The van der Waals surface area contributed by atoms with Crippen molar-refractivity contribution in [3.63, 3.8) is 0 Å². The Balaban J connectivity index is 1.62. The monoisotopic (exact) mass is 295 g/mol. The molecule has 0 spiro atoms. The van der Waals surface area contributed by atoms with Crippen molar-refractivity contribution in [1.82, 2.24) is 10.3 Å². The molecule has 20 heavy (non-hydrogen) atoms. The van der Waals surface area contributed by atoms with Crippen molar-refractivity contribution >= 4 is 17.2 Å². The van der Waals surface area contributed by atoms with Gasteiger partial charge in [0.2, 0.25) is 5.91 Å². The van der Waals surface area contributed by atoms with Crippen LogP contribution >= 0.6 is 11.3 Å². The maximum absolute atomic E-state index is 12.1. The average Bonchev–Trinajstić information content (AvgIpc) is 2.85. The van der Waals surface area contributed by atoms with E-state index in [1.807, 2.05) is 6.92 Å². The lowest BCUT2D eigenvalue weighted by Gasteiger charge is -2.31. The van der Waals surface area contributed by atoms with E-state index in [2.05, 4.69) is 15.7 Å². The van der Waals surface area contributed by atoms with Gasteiger partial charge in [-0.15, -0.1) is 11.3 Å². The molecule has 1 aromatic heterocycles. The summed E-state index contributed by atoms with van der Waals surface area (Å²) in [6, 6.07) is 0. The molecule has 1 heterocycles. The molecule has 0 atom stereocenters. The van der Waals surface area contributed by atoms with Crippen LogP contribution in [0.4, 0.5) is 0 Å².